The van der Waals surface area contributed by atoms with E-state index in [1.807, 2.05) is 30.4 Å². The van der Waals surface area contributed by atoms with Gasteiger partial charge in [0.1, 0.15) is 0 Å². The number of pyridine rings is 1. The van der Waals surface area contributed by atoms with E-state index in [4.69, 9.17) is 0 Å². The van der Waals surface area contributed by atoms with Crippen LogP contribution in [0.3, 0.4) is 0 Å². The molecule has 0 fully saturated rings. The second-order valence-corrected chi connectivity index (χ2v) is 3.54. The van der Waals surface area contributed by atoms with Crippen LogP contribution in [0, 0.1) is 0 Å². The molecule has 0 bridgehead atoms. The van der Waals surface area contributed by atoms with Gasteiger partial charge in [0.05, 0.1) is 13.3 Å². The zero-order valence-corrected chi connectivity index (χ0v) is 10.8. The highest BCUT2D eigenvalue weighted by molar-refractivity contribution is 5.71. The summed E-state index contributed by atoms with van der Waals surface area (Å²) in [5.74, 6) is 0. The number of rotatable bonds is 6. The lowest BCUT2D eigenvalue weighted by atomic mass is 10.2. The third-order valence-corrected chi connectivity index (χ3v) is 2.21. The smallest absolute Gasteiger partial charge is 0.0513 e. The Morgan fingerprint density at radius 2 is 2.00 bits per heavy atom. The molecule has 0 aliphatic heterocycles. The Morgan fingerprint density at radius 3 is 2.78 bits per heavy atom. The molecule has 1 rings (SSSR count). The Bertz CT molecular complexity index is 459. The van der Waals surface area contributed by atoms with Crippen LogP contribution < -0.4 is 0 Å². The van der Waals surface area contributed by atoms with Crippen molar-refractivity contribution in [1.82, 2.24) is 4.98 Å². The maximum atomic E-state index is 4.52. The molecule has 0 atom stereocenters. The van der Waals surface area contributed by atoms with Gasteiger partial charge >= 0.3 is 0 Å². The van der Waals surface area contributed by atoms with Gasteiger partial charge in [-0.05, 0) is 29.9 Å². The Balaban J connectivity index is 2.40. The van der Waals surface area contributed by atoms with Gasteiger partial charge in [0, 0.05) is 17.8 Å². The molecule has 1 heterocycles. The van der Waals surface area contributed by atoms with Gasteiger partial charge < -0.3 is 0 Å². The van der Waals surface area contributed by atoms with E-state index in [2.05, 4.69) is 33.4 Å². The summed E-state index contributed by atoms with van der Waals surface area (Å²) in [7, 11) is 1.58. The third-order valence-electron chi connectivity index (χ3n) is 2.21. The van der Waals surface area contributed by atoms with Crippen molar-refractivity contribution in [1.29, 1.82) is 0 Å². The molecule has 94 valence electrons. The first-order chi connectivity index (χ1) is 8.86. The minimum atomic E-state index is 0.837. The summed E-state index contributed by atoms with van der Waals surface area (Å²) in [4.78, 5) is 4.52. The Morgan fingerprint density at radius 1 is 1.17 bits per heavy atom. The molecule has 4 nitrogen and oxygen atoms in total. The highest BCUT2D eigenvalue weighted by Gasteiger charge is 1.92. The maximum Gasteiger partial charge on any atom is 0.0513 e. The summed E-state index contributed by atoms with van der Waals surface area (Å²) < 4.78 is 0. The van der Waals surface area contributed by atoms with Crippen LogP contribution in [0.4, 0.5) is 0 Å². The fraction of sp³-hybridized carbons (Fsp3) is 0.286. The summed E-state index contributed by atoms with van der Waals surface area (Å²) in [6, 6.07) is 6.13. The molecule has 1 aromatic rings. The highest BCUT2D eigenvalue weighted by atomic mass is 15.3. The topological polar surface area (TPSA) is 50.0 Å². The summed E-state index contributed by atoms with van der Waals surface area (Å²) >= 11 is 0. The molecule has 0 saturated carbocycles. The minimum absolute atomic E-state index is 0.837. The molecule has 4 heteroatoms. The lowest BCUT2D eigenvalue weighted by Crippen LogP contribution is -1.92. The van der Waals surface area contributed by atoms with Crippen LogP contribution in [0.25, 0.3) is 0 Å². The number of hydrogen-bond donors (Lipinski definition) is 0. The Kier molecular flexibility index (Phi) is 6.97. The zero-order chi connectivity index (χ0) is 13.1. The van der Waals surface area contributed by atoms with E-state index < -0.39 is 0 Å². The van der Waals surface area contributed by atoms with E-state index in [9.17, 15) is 0 Å². The van der Waals surface area contributed by atoms with Crippen LogP contribution in [0.1, 0.15) is 18.3 Å². The molecule has 0 saturated heterocycles. The first kappa shape index (κ1) is 14.0. The Labute approximate surface area is 108 Å². The van der Waals surface area contributed by atoms with Crippen molar-refractivity contribution in [2.45, 2.75) is 19.8 Å². The molecule has 0 aliphatic carbocycles. The van der Waals surface area contributed by atoms with Gasteiger partial charge in [-0.3, -0.25) is 4.98 Å². The molecule has 0 amide bonds. The monoisotopic (exact) mass is 242 g/mol. The van der Waals surface area contributed by atoms with Crippen LogP contribution in [0.15, 0.2) is 57.9 Å². The number of nitrogens with zero attached hydrogens (tertiary/aromatic N) is 4. The number of aryl methyl sites for hydroxylation is 1. The van der Waals surface area contributed by atoms with Gasteiger partial charge in [0.15, 0.2) is 0 Å². The molecule has 0 N–H and O–H groups in total. The predicted octanol–water partition coefficient (Wildman–Crippen LogP) is 3.37. The van der Waals surface area contributed by atoms with Crippen molar-refractivity contribution in [2.75, 3.05) is 7.05 Å². The lowest BCUT2D eigenvalue weighted by Gasteiger charge is -1.98. The van der Waals surface area contributed by atoms with Gasteiger partial charge in [-0.2, -0.15) is 5.11 Å². The largest absolute Gasteiger partial charge is 0.258 e. The standard InChI is InChI=1S/C14H18N4/c1-3-13-10-8-11-14(17-13)9-6-4-5-7-12-16-18-15-2/h4-8,10-12H,3,9H2,1-2H3/b6-4+,7-5+,16-12+,18-15?. The number of hydrogen-bond acceptors (Lipinski definition) is 3. The molecule has 0 unspecified atom stereocenters. The van der Waals surface area contributed by atoms with E-state index in [1.165, 1.54) is 0 Å². The van der Waals surface area contributed by atoms with Crippen LogP contribution in [-0.2, 0) is 12.8 Å². The van der Waals surface area contributed by atoms with Crippen molar-refractivity contribution < 1.29 is 0 Å². The van der Waals surface area contributed by atoms with Crippen molar-refractivity contribution in [3.63, 3.8) is 0 Å². The number of aromatic nitrogens is 1. The van der Waals surface area contributed by atoms with E-state index >= 15 is 0 Å². The minimum Gasteiger partial charge on any atom is -0.258 e. The second-order valence-electron chi connectivity index (χ2n) is 3.54. The third kappa shape index (κ3) is 5.84. The van der Waals surface area contributed by atoms with E-state index in [0.717, 1.165) is 24.2 Å². The van der Waals surface area contributed by atoms with E-state index in [-0.39, 0.29) is 0 Å². The van der Waals surface area contributed by atoms with Crippen molar-refractivity contribution in [2.24, 2.45) is 15.4 Å². The quantitative estimate of drug-likeness (QED) is 0.326. The first-order valence-electron chi connectivity index (χ1n) is 5.95. The molecular formula is C14H18N4. The average molecular weight is 242 g/mol. The molecule has 0 spiro atoms. The van der Waals surface area contributed by atoms with E-state index in [0.29, 0.717) is 0 Å². The summed E-state index contributed by atoms with van der Waals surface area (Å²) in [5.41, 5.74) is 2.22. The Hall–Kier alpha value is -2.10. The maximum absolute atomic E-state index is 4.52. The SMILES string of the molecule is CCc1cccc(C/C=C/C=C/C=N/N=NC)n1. The van der Waals surface area contributed by atoms with Crippen molar-refractivity contribution in [3.8, 4) is 0 Å². The van der Waals surface area contributed by atoms with Gasteiger partial charge in [0.25, 0.3) is 0 Å². The van der Waals surface area contributed by atoms with Crippen LogP contribution in [0.5, 0.6) is 0 Å². The second kappa shape index (κ2) is 8.98. The normalized spacial score (nSPS) is 12.6. The predicted molar refractivity (Wildman–Crippen MR) is 74.9 cm³/mol. The van der Waals surface area contributed by atoms with Crippen LogP contribution in [-0.4, -0.2) is 18.2 Å². The highest BCUT2D eigenvalue weighted by Crippen LogP contribution is 2.01. The van der Waals surface area contributed by atoms with Gasteiger partial charge in [-0.1, -0.05) is 31.2 Å². The average Bonchev–Trinajstić information content (AvgIpc) is 2.42. The van der Waals surface area contributed by atoms with Crippen LogP contribution in [0.2, 0.25) is 0 Å². The van der Waals surface area contributed by atoms with Gasteiger partial charge in [0.2, 0.25) is 0 Å². The fourth-order valence-corrected chi connectivity index (χ4v) is 1.34. The molecule has 0 radical (unpaired) electrons. The van der Waals surface area contributed by atoms with Gasteiger partial charge in [-0.25, -0.2) is 0 Å². The molecule has 0 aromatic carbocycles. The zero-order valence-electron chi connectivity index (χ0n) is 10.8. The van der Waals surface area contributed by atoms with Crippen molar-refractivity contribution in [3.05, 3.63) is 53.9 Å². The summed E-state index contributed by atoms with van der Waals surface area (Å²) in [6.07, 6.45) is 11.1. The van der Waals surface area contributed by atoms with Crippen molar-refractivity contribution >= 4 is 6.21 Å². The fourth-order valence-electron chi connectivity index (χ4n) is 1.34. The molecule has 1 aromatic heterocycles. The lowest BCUT2D eigenvalue weighted by molar-refractivity contribution is 0.982. The summed E-state index contributed by atoms with van der Waals surface area (Å²) in [5, 5.41) is 10.6. The number of allylic oxidation sites excluding steroid dienone is 4. The molecular weight excluding hydrogens is 224 g/mol. The van der Waals surface area contributed by atoms with Crippen LogP contribution >= 0.6 is 0 Å². The summed E-state index contributed by atoms with van der Waals surface area (Å²) in [6.45, 7) is 2.11. The first-order valence-corrected chi connectivity index (χ1v) is 5.95. The van der Waals surface area contributed by atoms with E-state index in [1.54, 1.807) is 19.3 Å². The molecule has 18 heavy (non-hydrogen) atoms. The van der Waals surface area contributed by atoms with Gasteiger partial charge in [-0.15, -0.1) is 5.10 Å². The molecule has 0 aliphatic rings.